The van der Waals surface area contributed by atoms with Crippen LogP contribution in [0.15, 0.2) is 35.9 Å². The van der Waals surface area contributed by atoms with Crippen LogP contribution in [0.4, 0.5) is 0 Å². The Kier molecular flexibility index (Phi) is 6.94. The highest BCUT2D eigenvalue weighted by atomic mass is 35.5. The Morgan fingerprint density at radius 3 is 3.11 bits per heavy atom. The normalized spacial score (nSPS) is 20.3. The van der Waals surface area contributed by atoms with Crippen molar-refractivity contribution in [3.8, 4) is 5.75 Å². The first-order chi connectivity index (χ1) is 13.0. The number of nitrogens with zero attached hydrogens (tertiary/aromatic N) is 1. The second-order valence-corrected chi connectivity index (χ2v) is 7.85. The molecule has 1 N–H and O–H groups in total. The van der Waals surface area contributed by atoms with E-state index >= 15 is 0 Å². The van der Waals surface area contributed by atoms with E-state index < -0.39 is 0 Å². The van der Waals surface area contributed by atoms with Crippen LogP contribution in [0.1, 0.15) is 19.4 Å². The van der Waals surface area contributed by atoms with Crippen molar-refractivity contribution >= 4 is 23.6 Å². The first kappa shape index (κ1) is 19.9. The summed E-state index contributed by atoms with van der Waals surface area (Å²) in [5, 5.41) is 3.59. The van der Waals surface area contributed by atoms with E-state index in [0.29, 0.717) is 24.1 Å². The van der Waals surface area contributed by atoms with Crippen molar-refractivity contribution in [2.45, 2.75) is 20.0 Å². The molecule has 1 aromatic rings. The predicted octanol–water partition coefficient (Wildman–Crippen LogP) is 3.15. The van der Waals surface area contributed by atoms with Crippen molar-refractivity contribution in [3.63, 3.8) is 0 Å². The number of nitrogens with one attached hydrogen (secondary N) is 1. The van der Waals surface area contributed by atoms with Crippen LogP contribution in [-0.2, 0) is 9.53 Å². The average Bonchev–Trinajstić information content (AvgIpc) is 2.64. The zero-order valence-electron chi connectivity index (χ0n) is 15.9. The summed E-state index contributed by atoms with van der Waals surface area (Å²) in [5.41, 5.74) is 1.85. The van der Waals surface area contributed by atoms with E-state index in [0.717, 1.165) is 43.1 Å². The van der Waals surface area contributed by atoms with Crippen LogP contribution in [0.5, 0.6) is 5.75 Å². The monoisotopic (exact) mass is 390 g/mol. The van der Waals surface area contributed by atoms with Gasteiger partial charge in [0.25, 0.3) is 0 Å². The predicted molar refractivity (Wildman–Crippen MR) is 108 cm³/mol. The van der Waals surface area contributed by atoms with Crippen LogP contribution in [0.2, 0.25) is 5.02 Å². The zero-order valence-corrected chi connectivity index (χ0v) is 16.7. The second-order valence-electron chi connectivity index (χ2n) is 7.41. The first-order valence-electron chi connectivity index (χ1n) is 9.42. The molecule has 0 bridgehead atoms. The van der Waals surface area contributed by atoms with Gasteiger partial charge >= 0.3 is 0 Å². The summed E-state index contributed by atoms with van der Waals surface area (Å²) in [4.78, 5) is 14.5. The molecule has 1 amide bonds. The Hall–Kier alpha value is -1.82. The molecule has 2 aliphatic rings. The molecule has 0 radical (unpaired) electrons. The fourth-order valence-electron chi connectivity index (χ4n) is 3.30. The molecule has 1 atom stereocenters. The van der Waals surface area contributed by atoms with Gasteiger partial charge in [0.05, 0.1) is 12.7 Å². The molecule has 2 heterocycles. The highest BCUT2D eigenvalue weighted by molar-refractivity contribution is 6.30. The third-order valence-corrected chi connectivity index (χ3v) is 4.74. The molecule has 5 nitrogen and oxygen atoms in total. The zero-order chi connectivity index (χ0) is 19.2. The van der Waals surface area contributed by atoms with E-state index in [1.165, 1.54) is 0 Å². The summed E-state index contributed by atoms with van der Waals surface area (Å²) >= 11 is 6.02. The van der Waals surface area contributed by atoms with Crippen LogP contribution in [0.3, 0.4) is 0 Å². The Balaban J connectivity index is 1.48. The number of rotatable bonds is 6. The van der Waals surface area contributed by atoms with Crippen LogP contribution in [0, 0.1) is 5.92 Å². The van der Waals surface area contributed by atoms with Gasteiger partial charge in [-0.25, -0.2) is 0 Å². The van der Waals surface area contributed by atoms with E-state index in [9.17, 15) is 4.79 Å². The van der Waals surface area contributed by atoms with Crippen molar-refractivity contribution in [3.05, 3.63) is 46.5 Å². The minimum atomic E-state index is -0.127. The van der Waals surface area contributed by atoms with Crippen molar-refractivity contribution in [2.24, 2.45) is 5.92 Å². The third-order valence-electron chi connectivity index (χ3n) is 4.51. The average molecular weight is 391 g/mol. The maximum absolute atomic E-state index is 12.1. The molecule has 27 heavy (non-hydrogen) atoms. The van der Waals surface area contributed by atoms with Gasteiger partial charge in [-0.15, -0.1) is 0 Å². The SMILES string of the molecule is CC(C)CN1CCOC(CNC(=O)/C=C/C2=Cc3cc(Cl)ccc3OC2)C1. The summed E-state index contributed by atoms with van der Waals surface area (Å²) < 4.78 is 11.4. The van der Waals surface area contributed by atoms with Gasteiger partial charge in [-0.05, 0) is 35.8 Å². The lowest BCUT2D eigenvalue weighted by Crippen LogP contribution is -2.48. The van der Waals surface area contributed by atoms with Gasteiger partial charge < -0.3 is 14.8 Å². The summed E-state index contributed by atoms with van der Waals surface area (Å²) in [6.45, 7) is 8.99. The lowest BCUT2D eigenvalue weighted by atomic mass is 10.1. The molecule has 146 valence electrons. The van der Waals surface area contributed by atoms with Gasteiger partial charge in [-0.1, -0.05) is 31.5 Å². The molecular formula is C21H27ClN2O3. The lowest BCUT2D eigenvalue weighted by Gasteiger charge is -2.33. The standard InChI is InChI=1S/C21H27ClN2O3/c1-15(2)12-24-7-8-26-19(13-24)11-23-21(25)6-3-16-9-17-10-18(22)4-5-20(17)27-14-16/h3-6,9-10,15,19H,7-8,11-14H2,1-2H3,(H,23,25)/b6-3+. The minimum Gasteiger partial charge on any atom is -0.488 e. The number of benzene rings is 1. The maximum atomic E-state index is 12.1. The highest BCUT2D eigenvalue weighted by Gasteiger charge is 2.21. The first-order valence-corrected chi connectivity index (χ1v) is 9.80. The topological polar surface area (TPSA) is 50.8 Å². The molecule has 1 unspecified atom stereocenters. The summed E-state index contributed by atoms with van der Waals surface area (Å²) in [5.74, 6) is 1.31. The smallest absolute Gasteiger partial charge is 0.244 e. The number of carbonyl (C=O) groups excluding carboxylic acids is 1. The maximum Gasteiger partial charge on any atom is 0.244 e. The largest absolute Gasteiger partial charge is 0.488 e. The number of morpholine rings is 1. The van der Waals surface area contributed by atoms with E-state index in [-0.39, 0.29) is 12.0 Å². The van der Waals surface area contributed by atoms with Gasteiger partial charge in [0.1, 0.15) is 12.4 Å². The molecule has 0 aromatic heterocycles. The second kappa shape index (κ2) is 9.40. The molecule has 6 heteroatoms. The Labute approximate surface area is 166 Å². The molecular weight excluding hydrogens is 364 g/mol. The van der Waals surface area contributed by atoms with Crippen molar-refractivity contribution < 1.29 is 14.3 Å². The lowest BCUT2D eigenvalue weighted by molar-refractivity contribution is -0.117. The fourth-order valence-corrected chi connectivity index (χ4v) is 3.49. The summed E-state index contributed by atoms with van der Waals surface area (Å²) in [6.07, 6.45) is 5.36. The van der Waals surface area contributed by atoms with Gasteiger partial charge in [-0.2, -0.15) is 0 Å². The Morgan fingerprint density at radius 1 is 1.44 bits per heavy atom. The molecule has 0 spiro atoms. The van der Waals surface area contributed by atoms with E-state index in [4.69, 9.17) is 21.1 Å². The van der Waals surface area contributed by atoms with Crippen molar-refractivity contribution in [2.75, 3.05) is 39.4 Å². The van der Waals surface area contributed by atoms with Crippen molar-refractivity contribution in [1.82, 2.24) is 10.2 Å². The van der Waals surface area contributed by atoms with Gasteiger partial charge in [0.15, 0.2) is 0 Å². The van der Waals surface area contributed by atoms with Crippen LogP contribution in [0.25, 0.3) is 6.08 Å². The molecule has 0 saturated carbocycles. The molecule has 0 aliphatic carbocycles. The third kappa shape index (κ3) is 6.09. The molecule has 2 aliphatic heterocycles. The Morgan fingerprint density at radius 2 is 2.30 bits per heavy atom. The summed E-state index contributed by atoms with van der Waals surface area (Å²) in [7, 11) is 0. The van der Waals surface area contributed by atoms with Crippen LogP contribution >= 0.6 is 11.6 Å². The quantitative estimate of drug-likeness (QED) is 0.758. The molecule has 1 saturated heterocycles. The number of amides is 1. The number of hydrogen-bond acceptors (Lipinski definition) is 4. The molecule has 3 rings (SSSR count). The number of carbonyl (C=O) groups is 1. The van der Waals surface area contributed by atoms with Gasteiger partial charge in [-0.3, -0.25) is 9.69 Å². The van der Waals surface area contributed by atoms with Gasteiger partial charge in [0.2, 0.25) is 5.91 Å². The highest BCUT2D eigenvalue weighted by Crippen LogP contribution is 2.29. The fraction of sp³-hybridized carbons (Fsp3) is 0.476. The Bertz CT molecular complexity index is 730. The van der Waals surface area contributed by atoms with Crippen LogP contribution in [-0.4, -0.2) is 56.3 Å². The number of fused-ring (bicyclic) bond motifs is 1. The van der Waals surface area contributed by atoms with E-state index in [2.05, 4.69) is 24.1 Å². The molecule has 1 fully saturated rings. The summed E-state index contributed by atoms with van der Waals surface area (Å²) in [6, 6.07) is 5.51. The minimum absolute atomic E-state index is 0.0427. The van der Waals surface area contributed by atoms with Crippen LogP contribution < -0.4 is 10.1 Å². The van der Waals surface area contributed by atoms with Crippen molar-refractivity contribution in [1.29, 1.82) is 0 Å². The van der Waals surface area contributed by atoms with Gasteiger partial charge in [0, 0.05) is 42.8 Å². The number of halogens is 1. The van der Waals surface area contributed by atoms with E-state index in [1.807, 2.05) is 18.2 Å². The number of ether oxygens (including phenoxy) is 2. The number of hydrogen-bond donors (Lipinski definition) is 1. The molecule has 1 aromatic carbocycles. The van der Waals surface area contributed by atoms with E-state index in [1.54, 1.807) is 18.2 Å².